The van der Waals surface area contributed by atoms with E-state index in [-0.39, 0.29) is 11.9 Å². The fourth-order valence-electron chi connectivity index (χ4n) is 2.24. The van der Waals surface area contributed by atoms with Crippen LogP contribution in [0, 0.1) is 3.57 Å². The van der Waals surface area contributed by atoms with Crippen molar-refractivity contribution in [2.45, 2.75) is 12.5 Å². The first-order valence-corrected chi connectivity index (χ1v) is 7.22. The molecule has 2 aromatic carbocycles. The summed E-state index contributed by atoms with van der Waals surface area (Å²) in [5.41, 5.74) is 3.13. The molecule has 0 radical (unpaired) electrons. The van der Waals surface area contributed by atoms with E-state index in [1.54, 1.807) is 0 Å². The van der Waals surface area contributed by atoms with Gasteiger partial charge in [-0.25, -0.2) is 0 Å². The summed E-state index contributed by atoms with van der Waals surface area (Å²) in [5.74, 6) is 0.0142. The van der Waals surface area contributed by atoms with Gasteiger partial charge in [0.1, 0.15) is 6.04 Å². The first kappa shape index (κ1) is 12.5. The number of amides is 1. The van der Waals surface area contributed by atoms with E-state index in [0.29, 0.717) is 0 Å². The summed E-state index contributed by atoms with van der Waals surface area (Å²) in [6.45, 7) is 0. The Balaban J connectivity index is 1.72. The molecule has 19 heavy (non-hydrogen) atoms. The molecule has 0 aromatic heterocycles. The van der Waals surface area contributed by atoms with Crippen LogP contribution in [0.25, 0.3) is 0 Å². The molecule has 1 aliphatic heterocycles. The molecule has 0 fully saturated rings. The van der Waals surface area contributed by atoms with Gasteiger partial charge in [0.25, 0.3) is 0 Å². The number of rotatable bonds is 2. The number of halogens is 1. The van der Waals surface area contributed by atoms with Crippen LogP contribution in [-0.2, 0) is 11.2 Å². The van der Waals surface area contributed by atoms with Crippen LogP contribution in [0.2, 0.25) is 0 Å². The summed E-state index contributed by atoms with van der Waals surface area (Å²) in [6.07, 6.45) is 0.741. The van der Waals surface area contributed by atoms with Gasteiger partial charge in [-0.05, 0) is 46.4 Å². The van der Waals surface area contributed by atoms with Gasteiger partial charge in [-0.15, -0.1) is 0 Å². The van der Waals surface area contributed by atoms with Gasteiger partial charge in [-0.3, -0.25) is 4.79 Å². The Morgan fingerprint density at radius 3 is 2.68 bits per heavy atom. The third-order valence-electron chi connectivity index (χ3n) is 3.22. The zero-order valence-electron chi connectivity index (χ0n) is 10.2. The first-order valence-electron chi connectivity index (χ1n) is 6.14. The minimum Gasteiger partial charge on any atom is -0.373 e. The van der Waals surface area contributed by atoms with E-state index >= 15 is 0 Å². The monoisotopic (exact) mass is 364 g/mol. The third-order valence-corrected chi connectivity index (χ3v) is 4.16. The normalized spacial score (nSPS) is 16.6. The maximum Gasteiger partial charge on any atom is 0.247 e. The molecule has 0 saturated carbocycles. The Hall–Kier alpha value is -1.56. The SMILES string of the molecule is O=C(Nc1ccccc1I)[C@@H]1Cc2ccccc2N1. The molecule has 2 aromatic rings. The lowest BCUT2D eigenvalue weighted by Gasteiger charge is -2.13. The molecule has 3 rings (SSSR count). The van der Waals surface area contributed by atoms with Crippen LogP contribution >= 0.6 is 22.6 Å². The van der Waals surface area contributed by atoms with Gasteiger partial charge in [-0.1, -0.05) is 30.3 Å². The van der Waals surface area contributed by atoms with Gasteiger partial charge in [0.05, 0.1) is 5.69 Å². The number of benzene rings is 2. The average Bonchev–Trinajstić information content (AvgIpc) is 2.85. The zero-order valence-corrected chi connectivity index (χ0v) is 12.3. The molecule has 0 saturated heterocycles. The van der Waals surface area contributed by atoms with E-state index < -0.39 is 0 Å². The summed E-state index contributed by atoms with van der Waals surface area (Å²) >= 11 is 2.22. The highest BCUT2D eigenvalue weighted by Gasteiger charge is 2.26. The smallest absolute Gasteiger partial charge is 0.247 e. The number of fused-ring (bicyclic) bond motifs is 1. The summed E-state index contributed by atoms with van der Waals surface area (Å²) in [6, 6.07) is 15.6. The van der Waals surface area contributed by atoms with Gasteiger partial charge in [0.2, 0.25) is 5.91 Å². The minimum atomic E-state index is -0.187. The lowest BCUT2D eigenvalue weighted by Crippen LogP contribution is -2.33. The maximum absolute atomic E-state index is 12.3. The van der Waals surface area contributed by atoms with Crippen molar-refractivity contribution in [2.24, 2.45) is 0 Å². The van der Waals surface area contributed by atoms with Crippen LogP contribution in [0.3, 0.4) is 0 Å². The molecule has 0 aliphatic carbocycles. The third kappa shape index (κ3) is 2.58. The fourth-order valence-corrected chi connectivity index (χ4v) is 2.76. The topological polar surface area (TPSA) is 41.1 Å². The van der Waals surface area contributed by atoms with Crippen molar-refractivity contribution in [2.75, 3.05) is 10.6 Å². The number of para-hydroxylation sites is 2. The standard InChI is InChI=1S/C15H13IN2O/c16-11-6-2-4-8-13(11)18-15(19)14-9-10-5-1-3-7-12(10)17-14/h1-8,14,17H,9H2,(H,18,19)/t14-/m0/s1. The molecule has 0 bridgehead atoms. The highest BCUT2D eigenvalue weighted by Crippen LogP contribution is 2.26. The van der Waals surface area contributed by atoms with Crippen LogP contribution < -0.4 is 10.6 Å². The summed E-state index contributed by atoms with van der Waals surface area (Å²) < 4.78 is 1.05. The molecule has 0 unspecified atom stereocenters. The molecule has 0 spiro atoms. The predicted octanol–water partition coefficient (Wildman–Crippen LogP) is 3.27. The van der Waals surface area contributed by atoms with Gasteiger partial charge in [-0.2, -0.15) is 0 Å². The van der Waals surface area contributed by atoms with Crippen LogP contribution in [0.5, 0.6) is 0 Å². The van der Waals surface area contributed by atoms with Crippen molar-refractivity contribution < 1.29 is 4.79 Å². The molecule has 2 N–H and O–H groups in total. The average molecular weight is 364 g/mol. The van der Waals surface area contributed by atoms with Crippen molar-refractivity contribution in [3.8, 4) is 0 Å². The summed E-state index contributed by atoms with van der Waals surface area (Å²) in [4.78, 5) is 12.3. The van der Waals surface area contributed by atoms with Crippen molar-refractivity contribution in [1.82, 2.24) is 0 Å². The van der Waals surface area contributed by atoms with Crippen molar-refractivity contribution >= 4 is 39.9 Å². The van der Waals surface area contributed by atoms with E-state index in [1.807, 2.05) is 42.5 Å². The molecule has 96 valence electrons. The maximum atomic E-state index is 12.3. The summed E-state index contributed by atoms with van der Waals surface area (Å²) in [5, 5.41) is 6.24. The Morgan fingerprint density at radius 1 is 1.16 bits per heavy atom. The van der Waals surface area contributed by atoms with Crippen molar-refractivity contribution in [3.05, 3.63) is 57.7 Å². The Kier molecular flexibility index (Phi) is 3.42. The second-order valence-electron chi connectivity index (χ2n) is 4.53. The fraction of sp³-hybridized carbons (Fsp3) is 0.133. The molecular weight excluding hydrogens is 351 g/mol. The van der Waals surface area contributed by atoms with E-state index in [4.69, 9.17) is 0 Å². The molecule has 1 heterocycles. The minimum absolute atomic E-state index is 0.0142. The van der Waals surface area contributed by atoms with E-state index in [2.05, 4.69) is 39.3 Å². The molecule has 4 heteroatoms. The number of carbonyl (C=O) groups is 1. The van der Waals surface area contributed by atoms with Crippen molar-refractivity contribution in [1.29, 1.82) is 0 Å². The van der Waals surface area contributed by atoms with Gasteiger partial charge in [0.15, 0.2) is 0 Å². The number of hydrogen-bond donors (Lipinski definition) is 2. The van der Waals surface area contributed by atoms with Crippen LogP contribution in [0.1, 0.15) is 5.56 Å². The van der Waals surface area contributed by atoms with E-state index in [0.717, 1.165) is 21.4 Å². The lowest BCUT2D eigenvalue weighted by molar-refractivity contribution is -0.116. The Morgan fingerprint density at radius 2 is 1.89 bits per heavy atom. The molecule has 3 nitrogen and oxygen atoms in total. The molecular formula is C15H13IN2O. The second kappa shape index (κ2) is 5.21. The second-order valence-corrected chi connectivity index (χ2v) is 5.69. The van der Waals surface area contributed by atoms with Gasteiger partial charge in [0, 0.05) is 15.7 Å². The van der Waals surface area contributed by atoms with E-state index in [9.17, 15) is 4.79 Å². The highest BCUT2D eigenvalue weighted by molar-refractivity contribution is 14.1. The van der Waals surface area contributed by atoms with Gasteiger partial charge >= 0.3 is 0 Å². The summed E-state index contributed by atoms with van der Waals surface area (Å²) in [7, 11) is 0. The predicted molar refractivity (Wildman–Crippen MR) is 85.3 cm³/mol. The Bertz CT molecular complexity index is 602. The first-order chi connectivity index (χ1) is 9.24. The van der Waals surface area contributed by atoms with E-state index in [1.165, 1.54) is 5.56 Å². The quantitative estimate of drug-likeness (QED) is 0.804. The highest BCUT2D eigenvalue weighted by atomic mass is 127. The number of carbonyl (C=O) groups excluding carboxylic acids is 1. The van der Waals surface area contributed by atoms with Crippen LogP contribution in [-0.4, -0.2) is 11.9 Å². The van der Waals surface area contributed by atoms with Crippen LogP contribution in [0.15, 0.2) is 48.5 Å². The van der Waals surface area contributed by atoms with Crippen LogP contribution in [0.4, 0.5) is 11.4 Å². The molecule has 1 amide bonds. The largest absolute Gasteiger partial charge is 0.373 e. The number of anilines is 2. The number of hydrogen-bond acceptors (Lipinski definition) is 2. The Labute approximate surface area is 125 Å². The lowest BCUT2D eigenvalue weighted by atomic mass is 10.1. The number of nitrogens with one attached hydrogen (secondary N) is 2. The van der Waals surface area contributed by atoms with Crippen molar-refractivity contribution in [3.63, 3.8) is 0 Å². The van der Waals surface area contributed by atoms with Gasteiger partial charge < -0.3 is 10.6 Å². The zero-order chi connectivity index (χ0) is 13.2. The molecule has 1 aliphatic rings. The molecule has 1 atom stereocenters.